The van der Waals surface area contributed by atoms with Crippen LogP contribution in [0, 0.1) is 6.92 Å². The minimum atomic E-state index is -0.446. The molecular weight excluding hydrogens is 275 g/mol. The first-order valence-electron chi connectivity index (χ1n) is 4.77. The van der Waals surface area contributed by atoms with E-state index in [1.165, 1.54) is 0 Å². The Kier molecular flexibility index (Phi) is 3.22. The molecule has 0 N–H and O–H groups in total. The number of esters is 1. The second-order valence-corrected chi connectivity index (χ2v) is 4.37. The van der Waals surface area contributed by atoms with E-state index in [2.05, 4.69) is 9.19 Å². The average molecular weight is 285 g/mol. The van der Waals surface area contributed by atoms with Crippen LogP contribution in [0.3, 0.4) is 0 Å². The van der Waals surface area contributed by atoms with E-state index in [0.29, 0.717) is 12.4 Å². The molecule has 6 heteroatoms. The first-order valence-corrected chi connectivity index (χ1v) is 6.53. The molecular formula is C10H10N2O3Se. The van der Waals surface area contributed by atoms with Gasteiger partial charge in [0.25, 0.3) is 0 Å². The fourth-order valence-electron chi connectivity index (χ4n) is 1.32. The molecule has 2 rings (SSSR count). The third-order valence-electron chi connectivity index (χ3n) is 2.03. The molecule has 2 heterocycles. The van der Waals surface area contributed by atoms with E-state index in [4.69, 9.17) is 9.15 Å². The van der Waals surface area contributed by atoms with Gasteiger partial charge in [-0.05, 0) is 0 Å². The second kappa shape index (κ2) is 4.63. The maximum absolute atomic E-state index is 11.4. The van der Waals surface area contributed by atoms with Crippen LogP contribution in [0.2, 0.25) is 0 Å². The fraction of sp³-hybridized carbons (Fsp3) is 0.300. The fourth-order valence-corrected chi connectivity index (χ4v) is 2.28. The van der Waals surface area contributed by atoms with E-state index in [1.807, 2.05) is 4.94 Å². The van der Waals surface area contributed by atoms with Gasteiger partial charge in [-0.1, -0.05) is 0 Å². The Morgan fingerprint density at radius 2 is 2.44 bits per heavy atom. The Labute approximate surface area is 98.4 Å². The first kappa shape index (κ1) is 11.1. The predicted molar refractivity (Wildman–Crippen MR) is 57.4 cm³/mol. The molecule has 0 atom stereocenters. The summed E-state index contributed by atoms with van der Waals surface area (Å²) in [6, 6.07) is 1.65. The number of hydrogen-bond donors (Lipinski definition) is 0. The van der Waals surface area contributed by atoms with Crippen molar-refractivity contribution in [3.63, 3.8) is 0 Å². The Balaban J connectivity index is 2.32. The number of carbonyl (C=O) groups excluding carboxylic acids is 1. The summed E-state index contributed by atoms with van der Waals surface area (Å²) in [5.74, 6) is 0.425. The summed E-state index contributed by atoms with van der Waals surface area (Å²) in [4.78, 5) is 13.4. The normalized spacial score (nSPS) is 10.4. The Morgan fingerprint density at radius 3 is 3.06 bits per heavy atom. The van der Waals surface area contributed by atoms with Crippen molar-refractivity contribution in [1.29, 1.82) is 0 Å². The number of aromatic nitrogens is 2. The molecule has 2 aromatic rings. The summed E-state index contributed by atoms with van der Waals surface area (Å²) in [6.45, 7) is 3.88. The van der Waals surface area contributed by atoms with Gasteiger partial charge in [0.1, 0.15) is 0 Å². The van der Waals surface area contributed by atoms with Crippen molar-refractivity contribution in [3.8, 4) is 11.3 Å². The molecule has 0 radical (unpaired) electrons. The van der Waals surface area contributed by atoms with Gasteiger partial charge in [-0.2, -0.15) is 0 Å². The predicted octanol–water partition coefficient (Wildman–Crippen LogP) is 1.28. The molecule has 0 aliphatic heterocycles. The molecule has 0 unspecified atom stereocenters. The summed E-state index contributed by atoms with van der Waals surface area (Å²) in [7, 11) is 0. The van der Waals surface area contributed by atoms with Crippen molar-refractivity contribution in [2.75, 3.05) is 6.61 Å². The number of nitrogens with zero attached hydrogens (tertiary/aromatic N) is 2. The number of ether oxygens (including phenoxy) is 1. The van der Waals surface area contributed by atoms with E-state index in [0.717, 1.165) is 11.3 Å². The van der Waals surface area contributed by atoms with Crippen LogP contribution in [0.15, 0.2) is 15.4 Å². The van der Waals surface area contributed by atoms with Crippen LogP contribution >= 0.6 is 0 Å². The van der Waals surface area contributed by atoms with Crippen LogP contribution in [0.25, 0.3) is 11.3 Å². The van der Waals surface area contributed by atoms with Gasteiger partial charge < -0.3 is 0 Å². The summed E-state index contributed by atoms with van der Waals surface area (Å²) < 4.78 is 14.1. The molecule has 0 fully saturated rings. The summed E-state index contributed by atoms with van der Waals surface area (Å²) in [5.41, 5.74) is 1.59. The zero-order valence-electron chi connectivity index (χ0n) is 8.89. The minimum absolute atomic E-state index is 0.0726. The van der Waals surface area contributed by atoms with Crippen molar-refractivity contribution in [1.82, 2.24) is 9.19 Å². The van der Waals surface area contributed by atoms with Crippen LogP contribution in [0.4, 0.5) is 0 Å². The van der Waals surface area contributed by atoms with Crippen molar-refractivity contribution in [3.05, 3.63) is 22.5 Å². The Bertz CT molecular complexity index is 490. The maximum atomic E-state index is 11.4. The van der Waals surface area contributed by atoms with Crippen molar-refractivity contribution in [2.45, 2.75) is 13.8 Å². The molecule has 84 valence electrons. The summed E-state index contributed by atoms with van der Waals surface area (Å²) in [5, 5.41) is 3.99. The van der Waals surface area contributed by atoms with Gasteiger partial charge >= 0.3 is 98.1 Å². The first-order chi connectivity index (χ1) is 7.72. The van der Waals surface area contributed by atoms with Gasteiger partial charge in [-0.3, -0.25) is 0 Å². The third-order valence-corrected chi connectivity index (χ3v) is 3.09. The molecule has 0 saturated carbocycles. The zero-order chi connectivity index (χ0) is 11.5. The second-order valence-electron chi connectivity index (χ2n) is 3.09. The number of aryl methyl sites for hydroxylation is 1. The quantitative estimate of drug-likeness (QED) is 0.628. The summed E-state index contributed by atoms with van der Waals surface area (Å²) >= 11 is 0.0726. The topological polar surface area (TPSA) is 65.2 Å². The van der Waals surface area contributed by atoms with E-state index in [-0.39, 0.29) is 20.5 Å². The molecule has 0 aliphatic carbocycles. The van der Waals surface area contributed by atoms with Crippen LogP contribution in [-0.4, -0.2) is 36.5 Å². The SMILES string of the molecule is CCOC(=O)c1cc(-c2c[se]nn2)c(C)o1. The molecule has 16 heavy (non-hydrogen) atoms. The third kappa shape index (κ3) is 2.08. The standard InChI is InChI=1S/C10H10N2O3Se/c1-3-14-10(13)9-4-7(6(2)15-9)8-5-16-12-11-8/h4-5H,3H2,1-2H3. The monoisotopic (exact) mass is 286 g/mol. The molecule has 2 aromatic heterocycles. The van der Waals surface area contributed by atoms with Crippen LogP contribution in [0.1, 0.15) is 23.2 Å². The van der Waals surface area contributed by atoms with Gasteiger partial charge in [0.2, 0.25) is 0 Å². The average Bonchev–Trinajstić information content (AvgIpc) is 2.86. The molecule has 0 spiro atoms. The Hall–Kier alpha value is -1.39. The molecule has 0 bridgehead atoms. The van der Waals surface area contributed by atoms with Crippen LogP contribution in [0.5, 0.6) is 0 Å². The van der Waals surface area contributed by atoms with Gasteiger partial charge in [-0.15, -0.1) is 0 Å². The Morgan fingerprint density at radius 1 is 1.62 bits per heavy atom. The van der Waals surface area contributed by atoms with E-state index >= 15 is 0 Å². The van der Waals surface area contributed by atoms with E-state index in [1.54, 1.807) is 19.9 Å². The van der Waals surface area contributed by atoms with Crippen molar-refractivity contribution >= 4 is 20.7 Å². The molecule has 0 amide bonds. The molecule has 0 aromatic carbocycles. The summed E-state index contributed by atoms with van der Waals surface area (Å²) in [6.07, 6.45) is 0. The molecule has 5 nitrogen and oxygen atoms in total. The number of hydrogen-bond acceptors (Lipinski definition) is 5. The van der Waals surface area contributed by atoms with Gasteiger partial charge in [-0.25, -0.2) is 0 Å². The molecule has 0 aliphatic rings. The van der Waals surface area contributed by atoms with E-state index < -0.39 is 5.97 Å². The number of rotatable bonds is 3. The zero-order valence-corrected chi connectivity index (χ0v) is 10.6. The van der Waals surface area contributed by atoms with Gasteiger partial charge in [0.05, 0.1) is 0 Å². The van der Waals surface area contributed by atoms with Crippen LogP contribution < -0.4 is 0 Å². The van der Waals surface area contributed by atoms with Crippen molar-refractivity contribution in [2.24, 2.45) is 0 Å². The van der Waals surface area contributed by atoms with Gasteiger partial charge in [0.15, 0.2) is 0 Å². The van der Waals surface area contributed by atoms with Gasteiger partial charge in [0, 0.05) is 0 Å². The number of furan rings is 1. The van der Waals surface area contributed by atoms with E-state index in [9.17, 15) is 4.79 Å². The number of carbonyl (C=O) groups is 1. The van der Waals surface area contributed by atoms with Crippen LogP contribution in [-0.2, 0) is 4.74 Å². The molecule has 0 saturated heterocycles. The van der Waals surface area contributed by atoms with Crippen molar-refractivity contribution < 1.29 is 13.9 Å².